The van der Waals surface area contributed by atoms with E-state index in [2.05, 4.69) is 15.9 Å². The summed E-state index contributed by atoms with van der Waals surface area (Å²) in [5, 5.41) is 11.6. The first kappa shape index (κ1) is 9.78. The lowest BCUT2D eigenvalue weighted by atomic mass is 10.1. The first-order valence-electron chi connectivity index (χ1n) is 4.96. The van der Waals surface area contributed by atoms with E-state index in [1.54, 1.807) is 0 Å². The number of rotatable bonds is 0. The van der Waals surface area contributed by atoms with Gasteiger partial charge in [-0.2, -0.15) is 0 Å². The molecule has 0 atom stereocenters. The molecule has 0 radical (unpaired) electrons. The summed E-state index contributed by atoms with van der Waals surface area (Å²) in [6.45, 7) is 1.12. The highest BCUT2D eigenvalue weighted by Gasteiger charge is 2.14. The van der Waals surface area contributed by atoms with Crippen molar-refractivity contribution in [1.82, 2.24) is 0 Å². The molecule has 1 N–H and O–H groups in total. The SMILES string of the molecule is Oc1c(Br)ccc2cc3c(cc12)OCCO3. The second-order valence-electron chi connectivity index (χ2n) is 3.61. The predicted molar refractivity (Wildman–Crippen MR) is 64.3 cm³/mol. The number of phenols is 1. The number of aromatic hydroxyl groups is 1. The Bertz CT molecular complexity index is 566. The molecule has 1 aliphatic rings. The molecule has 0 unspecified atom stereocenters. The molecule has 1 aliphatic heterocycles. The van der Waals surface area contributed by atoms with Gasteiger partial charge in [0.2, 0.25) is 0 Å². The largest absolute Gasteiger partial charge is 0.506 e. The van der Waals surface area contributed by atoms with Gasteiger partial charge >= 0.3 is 0 Å². The number of benzene rings is 2. The lowest BCUT2D eigenvalue weighted by molar-refractivity contribution is 0.172. The number of ether oxygens (including phenoxy) is 2. The van der Waals surface area contributed by atoms with Crippen LogP contribution in [0.1, 0.15) is 0 Å². The molecule has 0 bridgehead atoms. The normalized spacial score (nSPS) is 14.1. The van der Waals surface area contributed by atoms with E-state index in [4.69, 9.17) is 9.47 Å². The maximum atomic E-state index is 9.92. The van der Waals surface area contributed by atoms with Gasteiger partial charge in [0, 0.05) is 5.39 Å². The Kier molecular flexibility index (Phi) is 2.17. The highest BCUT2D eigenvalue weighted by molar-refractivity contribution is 9.10. The molecule has 0 saturated carbocycles. The van der Waals surface area contributed by atoms with Crippen LogP contribution in [-0.2, 0) is 0 Å². The van der Waals surface area contributed by atoms with Crippen LogP contribution in [0.25, 0.3) is 10.8 Å². The molecule has 3 rings (SSSR count). The predicted octanol–water partition coefficient (Wildman–Crippen LogP) is 3.08. The van der Waals surface area contributed by atoms with Crippen molar-refractivity contribution in [3.63, 3.8) is 0 Å². The molecule has 2 aromatic carbocycles. The van der Waals surface area contributed by atoms with Crippen molar-refractivity contribution >= 4 is 26.7 Å². The summed E-state index contributed by atoms with van der Waals surface area (Å²) in [5.74, 6) is 1.65. The zero-order valence-corrected chi connectivity index (χ0v) is 9.95. The van der Waals surface area contributed by atoms with Crippen molar-refractivity contribution in [2.24, 2.45) is 0 Å². The fraction of sp³-hybridized carbons (Fsp3) is 0.167. The van der Waals surface area contributed by atoms with Crippen LogP contribution in [0.3, 0.4) is 0 Å². The molecular formula is C12H9BrO3. The van der Waals surface area contributed by atoms with E-state index >= 15 is 0 Å². The molecule has 0 aromatic heterocycles. The van der Waals surface area contributed by atoms with Gasteiger partial charge < -0.3 is 14.6 Å². The fourth-order valence-electron chi connectivity index (χ4n) is 1.82. The molecular weight excluding hydrogens is 272 g/mol. The van der Waals surface area contributed by atoms with Gasteiger partial charge in [-0.25, -0.2) is 0 Å². The van der Waals surface area contributed by atoms with E-state index in [9.17, 15) is 5.11 Å². The van der Waals surface area contributed by atoms with E-state index < -0.39 is 0 Å². The zero-order valence-electron chi connectivity index (χ0n) is 8.37. The van der Waals surface area contributed by atoms with Gasteiger partial charge in [0.05, 0.1) is 4.47 Å². The Morgan fingerprint density at radius 1 is 1.06 bits per heavy atom. The third-order valence-electron chi connectivity index (χ3n) is 2.60. The minimum Gasteiger partial charge on any atom is -0.506 e. The summed E-state index contributed by atoms with van der Waals surface area (Å²) >= 11 is 3.29. The number of hydrogen-bond acceptors (Lipinski definition) is 3. The van der Waals surface area contributed by atoms with E-state index in [1.807, 2.05) is 24.3 Å². The van der Waals surface area contributed by atoms with Crippen LogP contribution in [0.2, 0.25) is 0 Å². The zero-order chi connectivity index (χ0) is 11.1. The van der Waals surface area contributed by atoms with Crippen LogP contribution in [0.5, 0.6) is 17.2 Å². The molecule has 3 nitrogen and oxygen atoms in total. The monoisotopic (exact) mass is 280 g/mol. The summed E-state index contributed by atoms with van der Waals surface area (Å²) in [6, 6.07) is 7.44. The second kappa shape index (κ2) is 3.56. The van der Waals surface area contributed by atoms with Crippen LogP contribution in [0, 0.1) is 0 Å². The van der Waals surface area contributed by atoms with Gasteiger partial charge in [-0.3, -0.25) is 0 Å². The van der Waals surface area contributed by atoms with Crippen molar-refractivity contribution in [1.29, 1.82) is 0 Å². The summed E-state index contributed by atoms with van der Waals surface area (Å²) in [6.07, 6.45) is 0. The second-order valence-corrected chi connectivity index (χ2v) is 4.47. The molecule has 16 heavy (non-hydrogen) atoms. The molecule has 0 fully saturated rings. The summed E-state index contributed by atoms with van der Waals surface area (Å²) in [7, 11) is 0. The molecule has 2 aromatic rings. The maximum Gasteiger partial charge on any atom is 0.162 e. The Labute approximate surface area is 101 Å². The quantitative estimate of drug-likeness (QED) is 0.806. The van der Waals surface area contributed by atoms with Crippen molar-refractivity contribution in [2.45, 2.75) is 0 Å². The molecule has 0 aliphatic carbocycles. The van der Waals surface area contributed by atoms with Crippen molar-refractivity contribution in [3.8, 4) is 17.2 Å². The van der Waals surface area contributed by atoms with Crippen molar-refractivity contribution < 1.29 is 14.6 Å². The van der Waals surface area contributed by atoms with Crippen molar-refractivity contribution in [2.75, 3.05) is 13.2 Å². The molecule has 4 heteroatoms. The Balaban J connectivity index is 2.31. The first-order chi connectivity index (χ1) is 7.75. The van der Waals surface area contributed by atoms with E-state index in [0.717, 1.165) is 16.5 Å². The third-order valence-corrected chi connectivity index (χ3v) is 3.24. The minimum atomic E-state index is 0.231. The topological polar surface area (TPSA) is 38.7 Å². The molecule has 0 amide bonds. The van der Waals surface area contributed by atoms with Gasteiger partial charge in [-0.15, -0.1) is 0 Å². The van der Waals surface area contributed by atoms with Crippen molar-refractivity contribution in [3.05, 3.63) is 28.7 Å². The summed E-state index contributed by atoms with van der Waals surface area (Å²) in [5.41, 5.74) is 0. The highest BCUT2D eigenvalue weighted by atomic mass is 79.9. The standard InChI is InChI=1S/C12H9BrO3/c13-9-2-1-7-5-10-11(16-4-3-15-10)6-8(7)12(9)14/h1-2,5-6,14H,3-4H2. The minimum absolute atomic E-state index is 0.231. The van der Waals surface area contributed by atoms with Crippen LogP contribution < -0.4 is 9.47 Å². The summed E-state index contributed by atoms with van der Waals surface area (Å²) < 4.78 is 11.6. The van der Waals surface area contributed by atoms with Gasteiger partial charge in [-0.05, 0) is 39.5 Å². The number of halogens is 1. The number of phenolic OH excluding ortho intramolecular Hbond substituents is 1. The Hall–Kier alpha value is -1.42. The third kappa shape index (κ3) is 1.41. The average Bonchev–Trinajstić information content (AvgIpc) is 2.32. The van der Waals surface area contributed by atoms with Crippen LogP contribution in [0.15, 0.2) is 28.7 Å². The number of fused-ring (bicyclic) bond motifs is 2. The summed E-state index contributed by atoms with van der Waals surface area (Å²) in [4.78, 5) is 0. The van der Waals surface area contributed by atoms with Crippen LogP contribution in [-0.4, -0.2) is 18.3 Å². The Morgan fingerprint density at radius 3 is 2.50 bits per heavy atom. The maximum absolute atomic E-state index is 9.92. The fourth-order valence-corrected chi connectivity index (χ4v) is 2.16. The van der Waals surface area contributed by atoms with E-state index in [0.29, 0.717) is 23.4 Å². The average molecular weight is 281 g/mol. The van der Waals surface area contributed by atoms with E-state index in [1.165, 1.54) is 0 Å². The van der Waals surface area contributed by atoms with E-state index in [-0.39, 0.29) is 5.75 Å². The lowest BCUT2D eigenvalue weighted by Crippen LogP contribution is -2.15. The van der Waals surface area contributed by atoms with Gasteiger partial charge in [0.1, 0.15) is 19.0 Å². The Morgan fingerprint density at radius 2 is 1.75 bits per heavy atom. The first-order valence-corrected chi connectivity index (χ1v) is 5.76. The van der Waals surface area contributed by atoms with Gasteiger partial charge in [-0.1, -0.05) is 6.07 Å². The molecule has 0 spiro atoms. The van der Waals surface area contributed by atoms with Gasteiger partial charge in [0.15, 0.2) is 11.5 Å². The molecule has 0 saturated heterocycles. The number of hydrogen-bond donors (Lipinski definition) is 1. The molecule has 82 valence electrons. The van der Waals surface area contributed by atoms with Crippen LogP contribution in [0.4, 0.5) is 0 Å². The lowest BCUT2D eigenvalue weighted by Gasteiger charge is -2.19. The molecule has 1 heterocycles. The smallest absolute Gasteiger partial charge is 0.162 e. The highest BCUT2D eigenvalue weighted by Crippen LogP contribution is 2.40. The van der Waals surface area contributed by atoms with Crippen LogP contribution >= 0.6 is 15.9 Å². The van der Waals surface area contributed by atoms with Gasteiger partial charge in [0.25, 0.3) is 0 Å².